The van der Waals surface area contributed by atoms with Crippen molar-refractivity contribution < 1.29 is 26.9 Å². The maximum Gasteiger partial charge on any atom is 0.406 e. The Morgan fingerprint density at radius 2 is 1.93 bits per heavy atom. The summed E-state index contributed by atoms with van der Waals surface area (Å²) >= 11 is 5.84. The first kappa shape index (κ1) is 20.9. The first-order valence-corrected chi connectivity index (χ1v) is 9.13. The van der Waals surface area contributed by atoms with Crippen LogP contribution in [0.5, 0.6) is 0 Å². The Labute approximate surface area is 169 Å². The molecule has 0 saturated carbocycles. The van der Waals surface area contributed by atoms with Crippen LogP contribution in [0, 0.1) is 0 Å². The molecule has 0 bridgehead atoms. The summed E-state index contributed by atoms with van der Waals surface area (Å²) in [6.07, 6.45) is -2.70. The normalized spacial score (nSPS) is 11.6. The van der Waals surface area contributed by atoms with E-state index in [1.165, 1.54) is 12.3 Å². The molecule has 0 saturated heterocycles. The molecule has 0 N–H and O–H groups in total. The van der Waals surface area contributed by atoms with E-state index in [9.17, 15) is 18.0 Å². The van der Waals surface area contributed by atoms with Crippen LogP contribution in [-0.2, 0) is 17.8 Å². The molecule has 29 heavy (non-hydrogen) atoms. The average Bonchev–Trinajstić information content (AvgIpc) is 3.33. The van der Waals surface area contributed by atoms with Crippen molar-refractivity contribution in [2.75, 3.05) is 6.54 Å². The lowest BCUT2D eigenvalue weighted by molar-refractivity contribution is -0.162. The third kappa shape index (κ3) is 6.35. The highest BCUT2D eigenvalue weighted by atomic mass is 35.5. The van der Waals surface area contributed by atoms with E-state index in [0.717, 1.165) is 10.5 Å². The number of hydrogen-bond donors (Lipinski definition) is 0. The van der Waals surface area contributed by atoms with E-state index in [1.54, 1.807) is 30.3 Å². The van der Waals surface area contributed by atoms with Crippen molar-refractivity contribution in [3.63, 3.8) is 0 Å². The predicted octanol–water partition coefficient (Wildman–Crippen LogP) is 4.90. The van der Waals surface area contributed by atoms with Crippen molar-refractivity contribution in [2.24, 2.45) is 0 Å². The van der Waals surface area contributed by atoms with Gasteiger partial charge in [0.15, 0.2) is 0 Å². The minimum atomic E-state index is -4.50. The van der Waals surface area contributed by atoms with Gasteiger partial charge in [-0.05, 0) is 42.8 Å². The van der Waals surface area contributed by atoms with Gasteiger partial charge in [-0.15, -0.1) is 0 Å². The molecule has 3 aromatic rings. The Morgan fingerprint density at radius 3 is 2.59 bits per heavy atom. The standard InChI is InChI=1S/C19H17ClF3N3O3/c20-14-8-6-13(7-9-14)18-24-16(29-25-18)4-1-5-17(27)26(12-19(21,22)23)11-15-3-2-10-28-15/h2-3,6-10H,1,4-5,11-12H2. The molecule has 2 aromatic heterocycles. The molecule has 154 valence electrons. The highest BCUT2D eigenvalue weighted by molar-refractivity contribution is 6.30. The number of carbonyl (C=O) groups excluding carboxylic acids is 1. The highest BCUT2D eigenvalue weighted by Gasteiger charge is 2.33. The van der Waals surface area contributed by atoms with Crippen LogP contribution in [-0.4, -0.2) is 33.7 Å². The van der Waals surface area contributed by atoms with Gasteiger partial charge in [0.1, 0.15) is 12.3 Å². The van der Waals surface area contributed by atoms with Crippen molar-refractivity contribution >= 4 is 17.5 Å². The number of aryl methyl sites for hydroxylation is 1. The van der Waals surface area contributed by atoms with Crippen molar-refractivity contribution in [1.29, 1.82) is 0 Å². The molecule has 1 amide bonds. The fourth-order valence-electron chi connectivity index (χ4n) is 2.66. The van der Waals surface area contributed by atoms with E-state index in [1.807, 2.05) is 0 Å². The van der Waals surface area contributed by atoms with Crippen LogP contribution in [0.3, 0.4) is 0 Å². The molecule has 2 heterocycles. The molecule has 3 rings (SSSR count). The molecular weight excluding hydrogens is 411 g/mol. The number of furan rings is 1. The fourth-order valence-corrected chi connectivity index (χ4v) is 2.79. The van der Waals surface area contributed by atoms with Crippen LogP contribution in [0.1, 0.15) is 24.5 Å². The van der Waals surface area contributed by atoms with Crippen molar-refractivity contribution in [3.8, 4) is 11.4 Å². The van der Waals surface area contributed by atoms with Gasteiger partial charge in [-0.3, -0.25) is 4.79 Å². The second-order valence-electron chi connectivity index (χ2n) is 6.32. The summed E-state index contributed by atoms with van der Waals surface area (Å²) < 4.78 is 48.6. The van der Waals surface area contributed by atoms with E-state index < -0.39 is 18.6 Å². The zero-order valence-corrected chi connectivity index (χ0v) is 15.9. The molecule has 10 heteroatoms. The number of amides is 1. The lowest BCUT2D eigenvalue weighted by atomic mass is 10.2. The first-order valence-electron chi connectivity index (χ1n) is 8.75. The molecule has 0 aliphatic rings. The Morgan fingerprint density at radius 1 is 1.17 bits per heavy atom. The van der Waals surface area contributed by atoms with E-state index in [0.29, 0.717) is 16.7 Å². The summed E-state index contributed by atoms with van der Waals surface area (Å²) in [5, 5.41) is 4.44. The molecule has 0 atom stereocenters. The number of alkyl halides is 3. The number of nitrogens with zero attached hydrogens (tertiary/aromatic N) is 3. The van der Waals surface area contributed by atoms with Crippen LogP contribution in [0.4, 0.5) is 13.2 Å². The van der Waals surface area contributed by atoms with Gasteiger partial charge in [-0.25, -0.2) is 0 Å². The smallest absolute Gasteiger partial charge is 0.406 e. The molecule has 1 aromatic carbocycles. The van der Waals surface area contributed by atoms with Gasteiger partial charge in [0.05, 0.1) is 12.8 Å². The van der Waals surface area contributed by atoms with Gasteiger partial charge in [0, 0.05) is 23.4 Å². The van der Waals surface area contributed by atoms with E-state index >= 15 is 0 Å². The molecular formula is C19H17ClF3N3O3. The molecule has 6 nitrogen and oxygen atoms in total. The minimum absolute atomic E-state index is 0.0879. The fraction of sp³-hybridized carbons (Fsp3) is 0.316. The molecule has 0 aliphatic carbocycles. The quantitative estimate of drug-likeness (QED) is 0.511. The van der Waals surface area contributed by atoms with Crippen LogP contribution >= 0.6 is 11.6 Å². The summed E-state index contributed by atoms with van der Waals surface area (Å²) in [6.45, 7) is -1.58. The molecule has 0 unspecified atom stereocenters. The first-order chi connectivity index (χ1) is 13.8. The van der Waals surface area contributed by atoms with Crippen LogP contribution < -0.4 is 0 Å². The van der Waals surface area contributed by atoms with Gasteiger partial charge in [-0.1, -0.05) is 16.8 Å². The van der Waals surface area contributed by atoms with Crippen molar-refractivity contribution in [1.82, 2.24) is 15.0 Å². The van der Waals surface area contributed by atoms with Gasteiger partial charge in [-0.2, -0.15) is 18.2 Å². The van der Waals surface area contributed by atoms with Crippen LogP contribution in [0.2, 0.25) is 5.02 Å². The Bertz CT molecular complexity index is 924. The molecule has 0 fully saturated rings. The number of hydrogen-bond acceptors (Lipinski definition) is 5. The van der Waals surface area contributed by atoms with E-state index in [-0.39, 0.29) is 31.6 Å². The maximum absolute atomic E-state index is 12.8. The minimum Gasteiger partial charge on any atom is -0.467 e. The van der Waals surface area contributed by atoms with Crippen molar-refractivity contribution in [3.05, 3.63) is 59.3 Å². The zero-order chi connectivity index (χ0) is 20.9. The van der Waals surface area contributed by atoms with Gasteiger partial charge in [0.25, 0.3) is 0 Å². The SMILES string of the molecule is O=C(CCCc1nc(-c2ccc(Cl)cc2)no1)N(Cc1ccco1)CC(F)(F)F. The average molecular weight is 428 g/mol. The largest absolute Gasteiger partial charge is 0.467 e. The zero-order valence-electron chi connectivity index (χ0n) is 15.2. The van der Waals surface area contributed by atoms with E-state index in [4.69, 9.17) is 20.5 Å². The number of halogens is 4. The molecule has 0 aliphatic heterocycles. The number of aromatic nitrogens is 2. The third-order valence-electron chi connectivity index (χ3n) is 4.00. The third-order valence-corrected chi connectivity index (χ3v) is 4.25. The number of rotatable bonds is 8. The Kier molecular flexibility index (Phi) is 6.58. The van der Waals surface area contributed by atoms with Crippen LogP contribution in [0.15, 0.2) is 51.6 Å². The Hall–Kier alpha value is -2.81. The van der Waals surface area contributed by atoms with Gasteiger partial charge in [0.2, 0.25) is 17.6 Å². The summed E-state index contributed by atoms with van der Waals surface area (Å²) in [7, 11) is 0. The molecule has 0 spiro atoms. The number of carbonyl (C=O) groups is 1. The van der Waals surface area contributed by atoms with Gasteiger partial charge >= 0.3 is 6.18 Å². The summed E-state index contributed by atoms with van der Waals surface area (Å²) in [5.74, 6) is 0.332. The summed E-state index contributed by atoms with van der Waals surface area (Å²) in [5.41, 5.74) is 0.718. The second kappa shape index (κ2) is 9.13. The number of benzene rings is 1. The molecule has 0 radical (unpaired) electrons. The maximum atomic E-state index is 12.8. The highest BCUT2D eigenvalue weighted by Crippen LogP contribution is 2.21. The lowest BCUT2D eigenvalue weighted by Crippen LogP contribution is -2.38. The topological polar surface area (TPSA) is 72.4 Å². The lowest BCUT2D eigenvalue weighted by Gasteiger charge is -2.23. The van der Waals surface area contributed by atoms with E-state index in [2.05, 4.69) is 10.1 Å². The second-order valence-corrected chi connectivity index (χ2v) is 6.75. The summed E-state index contributed by atoms with van der Waals surface area (Å²) in [6, 6.07) is 9.95. The van der Waals surface area contributed by atoms with Crippen LogP contribution in [0.25, 0.3) is 11.4 Å². The summed E-state index contributed by atoms with van der Waals surface area (Å²) in [4.78, 5) is 17.3. The van der Waals surface area contributed by atoms with Crippen molar-refractivity contribution in [2.45, 2.75) is 32.0 Å². The van der Waals surface area contributed by atoms with Gasteiger partial charge < -0.3 is 13.8 Å². The monoisotopic (exact) mass is 427 g/mol. The predicted molar refractivity (Wildman–Crippen MR) is 97.9 cm³/mol. The Balaban J connectivity index is 1.55.